The topological polar surface area (TPSA) is 87.9 Å². The summed E-state index contributed by atoms with van der Waals surface area (Å²) in [5, 5.41) is 9.26. The van der Waals surface area contributed by atoms with Crippen LogP contribution in [0.4, 0.5) is 0 Å². The van der Waals surface area contributed by atoms with Crippen molar-refractivity contribution in [3.63, 3.8) is 0 Å². The van der Waals surface area contributed by atoms with E-state index in [1.807, 2.05) is 0 Å². The van der Waals surface area contributed by atoms with Gasteiger partial charge in [0, 0.05) is 6.92 Å². The number of thioether (sulfide) groups is 1. The van der Waals surface area contributed by atoms with Crippen molar-refractivity contribution in [2.45, 2.75) is 30.5 Å². The van der Waals surface area contributed by atoms with E-state index in [0.717, 1.165) is 11.8 Å². The fourth-order valence-corrected chi connectivity index (χ4v) is 2.88. The highest BCUT2D eigenvalue weighted by Gasteiger charge is 2.49. The summed E-state index contributed by atoms with van der Waals surface area (Å²) in [6.07, 6.45) is -1.42. The van der Waals surface area contributed by atoms with Crippen molar-refractivity contribution in [2.75, 3.05) is 13.2 Å². The predicted octanol–water partition coefficient (Wildman–Crippen LogP) is 0.00920. The summed E-state index contributed by atoms with van der Waals surface area (Å²) in [4.78, 5) is 25.6. The number of carbonyl (C=O) groups is 1. The SMILES string of the molecule is CC(=O)S[C@@H]1CO[C@H]2[C@@H]1OC[C@@H]2O[N+](=O)[O-]. The summed E-state index contributed by atoms with van der Waals surface area (Å²) < 4.78 is 10.8. The average Bonchev–Trinajstić information content (AvgIpc) is 2.70. The van der Waals surface area contributed by atoms with Crippen LogP contribution in [0.5, 0.6) is 0 Å². The summed E-state index contributed by atoms with van der Waals surface area (Å²) in [7, 11) is 0. The molecule has 2 rings (SSSR count). The van der Waals surface area contributed by atoms with Gasteiger partial charge in [-0.1, -0.05) is 11.8 Å². The van der Waals surface area contributed by atoms with Crippen molar-refractivity contribution >= 4 is 16.9 Å². The van der Waals surface area contributed by atoms with Crippen LogP contribution in [0.2, 0.25) is 0 Å². The van der Waals surface area contributed by atoms with Gasteiger partial charge in [-0.15, -0.1) is 10.1 Å². The minimum Gasteiger partial charge on any atom is -0.372 e. The molecule has 2 aliphatic heterocycles. The molecule has 0 radical (unpaired) electrons. The maximum atomic E-state index is 11.0. The second kappa shape index (κ2) is 4.56. The molecule has 2 heterocycles. The monoisotopic (exact) mass is 249 g/mol. The number of hydrogen-bond donors (Lipinski definition) is 0. The lowest BCUT2D eigenvalue weighted by molar-refractivity contribution is -0.769. The van der Waals surface area contributed by atoms with Crippen LogP contribution in [0.1, 0.15) is 6.92 Å². The molecule has 0 amide bonds. The molecule has 0 aliphatic carbocycles. The van der Waals surface area contributed by atoms with Crippen LogP contribution in [-0.2, 0) is 19.1 Å². The molecule has 90 valence electrons. The van der Waals surface area contributed by atoms with Crippen LogP contribution >= 0.6 is 11.8 Å². The molecule has 2 aliphatic rings. The van der Waals surface area contributed by atoms with E-state index in [9.17, 15) is 14.9 Å². The molecule has 0 spiro atoms. The van der Waals surface area contributed by atoms with Crippen LogP contribution in [0.3, 0.4) is 0 Å². The lowest BCUT2D eigenvalue weighted by Crippen LogP contribution is -2.33. The first-order chi connectivity index (χ1) is 7.58. The van der Waals surface area contributed by atoms with Gasteiger partial charge in [-0.3, -0.25) is 4.79 Å². The third-order valence-electron chi connectivity index (χ3n) is 2.50. The Hall–Kier alpha value is -0.860. The standard InChI is InChI=1S/C8H11NO6S/c1-4(10)16-6-3-14-7-5(15-9(11)12)2-13-8(6)7/h5-8H,2-3H2,1H3/t5-,6+,7+,8+/m0/s1. The quantitative estimate of drug-likeness (QED) is 0.514. The maximum Gasteiger partial charge on any atom is 0.294 e. The molecule has 0 aromatic carbocycles. The van der Waals surface area contributed by atoms with Gasteiger partial charge < -0.3 is 14.3 Å². The van der Waals surface area contributed by atoms with Gasteiger partial charge >= 0.3 is 0 Å². The first kappa shape index (κ1) is 11.6. The molecule has 8 heteroatoms. The minimum absolute atomic E-state index is 0.0171. The number of carbonyl (C=O) groups excluding carboxylic acids is 1. The number of nitrogens with zero attached hydrogens (tertiary/aromatic N) is 1. The minimum atomic E-state index is -0.842. The smallest absolute Gasteiger partial charge is 0.294 e. The zero-order chi connectivity index (χ0) is 11.7. The summed E-state index contributed by atoms with van der Waals surface area (Å²) in [6, 6.07) is 0. The molecule has 0 aromatic heterocycles. The van der Waals surface area contributed by atoms with E-state index in [0.29, 0.717) is 6.61 Å². The molecular weight excluding hydrogens is 238 g/mol. The van der Waals surface area contributed by atoms with Gasteiger partial charge in [0.1, 0.15) is 12.2 Å². The summed E-state index contributed by atoms with van der Waals surface area (Å²) in [6.45, 7) is 1.96. The normalized spacial score (nSPS) is 37.1. The molecule has 0 N–H and O–H groups in total. The fraction of sp³-hybridized carbons (Fsp3) is 0.875. The Morgan fingerprint density at radius 3 is 2.75 bits per heavy atom. The van der Waals surface area contributed by atoms with Crippen LogP contribution in [0, 0.1) is 10.1 Å². The van der Waals surface area contributed by atoms with Crippen LogP contribution in [-0.4, -0.2) is 47.0 Å². The second-order valence-electron chi connectivity index (χ2n) is 3.61. The molecule has 0 unspecified atom stereocenters. The van der Waals surface area contributed by atoms with Crippen molar-refractivity contribution in [1.82, 2.24) is 0 Å². The van der Waals surface area contributed by atoms with Crippen LogP contribution in [0.15, 0.2) is 0 Å². The zero-order valence-corrected chi connectivity index (χ0v) is 9.35. The Morgan fingerprint density at radius 2 is 2.12 bits per heavy atom. The van der Waals surface area contributed by atoms with Gasteiger partial charge in [-0.2, -0.15) is 0 Å². The third kappa shape index (κ3) is 2.28. The third-order valence-corrected chi connectivity index (χ3v) is 3.54. The lowest BCUT2D eigenvalue weighted by Gasteiger charge is -2.14. The molecule has 2 saturated heterocycles. The number of ether oxygens (including phenoxy) is 2. The lowest BCUT2D eigenvalue weighted by atomic mass is 10.1. The van der Waals surface area contributed by atoms with E-state index in [-0.39, 0.29) is 23.1 Å². The summed E-state index contributed by atoms with van der Waals surface area (Å²) in [5.41, 5.74) is 0. The van der Waals surface area contributed by atoms with Crippen molar-refractivity contribution in [2.24, 2.45) is 0 Å². The number of fused-ring (bicyclic) bond motifs is 1. The second-order valence-corrected chi connectivity index (χ2v) is 5.03. The van der Waals surface area contributed by atoms with Crippen LogP contribution in [0.25, 0.3) is 0 Å². The molecule has 7 nitrogen and oxygen atoms in total. The zero-order valence-electron chi connectivity index (χ0n) is 8.53. The van der Waals surface area contributed by atoms with Gasteiger partial charge in [-0.25, -0.2) is 0 Å². The van der Waals surface area contributed by atoms with E-state index < -0.39 is 17.3 Å². The van der Waals surface area contributed by atoms with Gasteiger partial charge in [0.15, 0.2) is 11.2 Å². The Balaban J connectivity index is 1.95. The summed E-state index contributed by atoms with van der Waals surface area (Å²) >= 11 is 1.15. The van der Waals surface area contributed by atoms with Crippen molar-refractivity contribution in [1.29, 1.82) is 0 Å². The van der Waals surface area contributed by atoms with Gasteiger partial charge in [0.2, 0.25) is 0 Å². The Morgan fingerprint density at radius 1 is 1.44 bits per heavy atom. The molecule has 0 aromatic rings. The largest absolute Gasteiger partial charge is 0.372 e. The number of rotatable bonds is 3. The highest BCUT2D eigenvalue weighted by molar-refractivity contribution is 8.14. The van der Waals surface area contributed by atoms with Gasteiger partial charge in [-0.05, 0) is 0 Å². The first-order valence-electron chi connectivity index (χ1n) is 4.79. The number of hydrogen-bond acceptors (Lipinski definition) is 7. The van der Waals surface area contributed by atoms with Gasteiger partial charge in [0.25, 0.3) is 5.09 Å². The van der Waals surface area contributed by atoms with Crippen molar-refractivity contribution in [3.8, 4) is 0 Å². The molecular formula is C8H11NO6S. The van der Waals surface area contributed by atoms with E-state index in [1.165, 1.54) is 6.92 Å². The van der Waals surface area contributed by atoms with Gasteiger partial charge in [0.05, 0.1) is 18.5 Å². The molecule has 16 heavy (non-hydrogen) atoms. The maximum absolute atomic E-state index is 11.0. The Kier molecular flexibility index (Phi) is 3.31. The molecule has 0 bridgehead atoms. The molecule has 2 fully saturated rings. The van der Waals surface area contributed by atoms with E-state index in [1.54, 1.807) is 0 Å². The van der Waals surface area contributed by atoms with Crippen LogP contribution < -0.4 is 0 Å². The van der Waals surface area contributed by atoms with E-state index in [4.69, 9.17) is 9.47 Å². The molecule has 4 atom stereocenters. The first-order valence-corrected chi connectivity index (χ1v) is 5.67. The molecule has 0 saturated carbocycles. The predicted molar refractivity (Wildman–Crippen MR) is 53.4 cm³/mol. The van der Waals surface area contributed by atoms with E-state index in [2.05, 4.69) is 4.84 Å². The van der Waals surface area contributed by atoms with Crippen molar-refractivity contribution < 1.29 is 24.2 Å². The Bertz CT molecular complexity index is 281. The highest BCUT2D eigenvalue weighted by Crippen LogP contribution is 2.35. The fourth-order valence-electron chi connectivity index (χ4n) is 1.94. The average molecular weight is 249 g/mol. The van der Waals surface area contributed by atoms with E-state index >= 15 is 0 Å². The van der Waals surface area contributed by atoms with Crippen molar-refractivity contribution in [3.05, 3.63) is 10.1 Å². The summed E-state index contributed by atoms with van der Waals surface area (Å²) in [5.74, 6) is 0. The Labute approximate surface area is 95.5 Å². The highest BCUT2D eigenvalue weighted by atomic mass is 32.2.